The molecule has 0 spiro atoms. The summed E-state index contributed by atoms with van der Waals surface area (Å²) in [6, 6.07) is 13.2. The Morgan fingerprint density at radius 2 is 1.79 bits per heavy atom. The fourth-order valence-corrected chi connectivity index (χ4v) is 3.58. The lowest BCUT2D eigenvalue weighted by Crippen LogP contribution is -2.21. The Labute approximate surface area is 172 Å². The lowest BCUT2D eigenvalue weighted by atomic mass is 10.1. The lowest BCUT2D eigenvalue weighted by molar-refractivity contribution is -0.136. The third-order valence-electron chi connectivity index (χ3n) is 3.43. The maximum atomic E-state index is 13.0. The second kappa shape index (κ2) is 9.61. The molecule has 152 valence electrons. The van der Waals surface area contributed by atoms with E-state index < -0.39 is 17.8 Å². The van der Waals surface area contributed by atoms with Crippen molar-refractivity contribution >= 4 is 40.1 Å². The summed E-state index contributed by atoms with van der Waals surface area (Å²) < 4.78 is 48.6. The van der Waals surface area contributed by atoms with E-state index in [0.29, 0.717) is 17.5 Å². The molecule has 0 aliphatic rings. The molecular weight excluding hydrogens is 425 g/mol. The molecule has 0 radical (unpaired) electrons. The number of benzene rings is 2. The molecule has 3 aromatic rings. The molecule has 29 heavy (non-hydrogen) atoms. The molecule has 6 nitrogen and oxygen atoms in total. The van der Waals surface area contributed by atoms with Gasteiger partial charge >= 0.3 is 12.2 Å². The molecule has 2 amide bonds. The van der Waals surface area contributed by atoms with Gasteiger partial charge in [0.2, 0.25) is 10.3 Å². The summed E-state index contributed by atoms with van der Waals surface area (Å²) in [5, 5.41) is 5.20. The van der Waals surface area contributed by atoms with Crippen molar-refractivity contribution < 1.29 is 22.7 Å². The maximum Gasteiger partial charge on any atom is 0.418 e. The maximum absolute atomic E-state index is 13.0. The first-order valence-corrected chi connectivity index (χ1v) is 10.1. The van der Waals surface area contributed by atoms with Gasteiger partial charge in [-0.15, -0.1) is 0 Å². The highest BCUT2D eigenvalue weighted by atomic mass is 32.2. The molecule has 0 bridgehead atoms. The number of anilines is 2. The first kappa shape index (κ1) is 20.9. The molecule has 2 aromatic carbocycles. The van der Waals surface area contributed by atoms with E-state index in [1.165, 1.54) is 30.0 Å². The van der Waals surface area contributed by atoms with Crippen LogP contribution in [-0.4, -0.2) is 27.7 Å². The monoisotopic (exact) mass is 440 g/mol. The molecule has 0 saturated heterocycles. The van der Waals surface area contributed by atoms with Gasteiger partial charge in [-0.25, -0.2) is 4.79 Å². The van der Waals surface area contributed by atoms with Crippen LogP contribution in [-0.2, 0) is 6.18 Å². The Bertz CT molecular complexity index is 952. The Morgan fingerprint density at radius 1 is 1.07 bits per heavy atom. The number of nitrogens with zero attached hydrogens (tertiary/aromatic N) is 2. The quantitative estimate of drug-likeness (QED) is 0.382. The molecule has 0 saturated carbocycles. The molecule has 0 unspecified atom stereocenters. The van der Waals surface area contributed by atoms with Crippen LogP contribution in [0.25, 0.3) is 0 Å². The van der Waals surface area contributed by atoms with Crippen LogP contribution >= 0.6 is 23.3 Å². The predicted molar refractivity (Wildman–Crippen MR) is 107 cm³/mol. The standard InChI is InChI=1S/C18H15F3N4O2S2/c19-18(20,21)13-8-4-5-9-14(13)22-15(26)23-16-24-17(25-29-16)28-11-10-27-12-6-2-1-3-7-12/h1-9H,10-11H2,(H2,22,23,24,25,26). The third-order valence-corrected chi connectivity index (χ3v) is 4.99. The van der Waals surface area contributed by atoms with Gasteiger partial charge in [-0.1, -0.05) is 42.1 Å². The van der Waals surface area contributed by atoms with Crippen LogP contribution in [0.4, 0.5) is 28.8 Å². The van der Waals surface area contributed by atoms with Crippen molar-refractivity contribution in [2.45, 2.75) is 11.3 Å². The molecule has 0 fully saturated rings. The molecule has 3 rings (SSSR count). The minimum atomic E-state index is -4.57. The zero-order chi connectivity index (χ0) is 20.7. The highest BCUT2D eigenvalue weighted by molar-refractivity contribution is 7.99. The molecule has 0 aliphatic heterocycles. The lowest BCUT2D eigenvalue weighted by Gasteiger charge is -2.13. The van der Waals surface area contributed by atoms with Crippen LogP contribution in [0, 0.1) is 0 Å². The van der Waals surface area contributed by atoms with Crippen LogP contribution in [0.5, 0.6) is 5.75 Å². The number of rotatable bonds is 7. The number of para-hydroxylation sites is 2. The Balaban J connectivity index is 1.48. The average molecular weight is 440 g/mol. The van der Waals surface area contributed by atoms with Gasteiger partial charge in [-0.3, -0.25) is 5.32 Å². The molecule has 1 aromatic heterocycles. The van der Waals surface area contributed by atoms with E-state index in [0.717, 1.165) is 23.3 Å². The van der Waals surface area contributed by atoms with Gasteiger partial charge < -0.3 is 10.1 Å². The van der Waals surface area contributed by atoms with Crippen LogP contribution in [0.15, 0.2) is 59.8 Å². The van der Waals surface area contributed by atoms with E-state index >= 15 is 0 Å². The second-order valence-corrected chi connectivity index (χ2v) is 7.33. The third kappa shape index (κ3) is 6.36. The molecule has 0 atom stereocenters. The number of carbonyl (C=O) groups is 1. The summed E-state index contributed by atoms with van der Waals surface area (Å²) in [5.74, 6) is 1.36. The fourth-order valence-electron chi connectivity index (χ4n) is 2.22. The van der Waals surface area contributed by atoms with Gasteiger partial charge in [0.05, 0.1) is 17.9 Å². The summed E-state index contributed by atoms with van der Waals surface area (Å²) in [7, 11) is 0. The molecule has 2 N–H and O–H groups in total. The topological polar surface area (TPSA) is 76.1 Å². The average Bonchev–Trinajstić information content (AvgIpc) is 3.12. The number of carbonyl (C=O) groups excluding carboxylic acids is 1. The van der Waals surface area contributed by atoms with E-state index in [4.69, 9.17) is 4.74 Å². The zero-order valence-corrected chi connectivity index (χ0v) is 16.4. The minimum Gasteiger partial charge on any atom is -0.493 e. The van der Waals surface area contributed by atoms with Crippen LogP contribution in [0.3, 0.4) is 0 Å². The first-order valence-electron chi connectivity index (χ1n) is 8.30. The van der Waals surface area contributed by atoms with E-state index in [1.54, 1.807) is 0 Å². The van der Waals surface area contributed by atoms with E-state index in [1.807, 2.05) is 30.3 Å². The van der Waals surface area contributed by atoms with Gasteiger partial charge in [0, 0.05) is 17.3 Å². The van der Waals surface area contributed by atoms with E-state index in [-0.39, 0.29) is 10.8 Å². The van der Waals surface area contributed by atoms with Crippen molar-refractivity contribution in [2.24, 2.45) is 0 Å². The number of nitrogens with one attached hydrogen (secondary N) is 2. The number of hydrogen-bond donors (Lipinski definition) is 2. The molecule has 0 aliphatic carbocycles. The smallest absolute Gasteiger partial charge is 0.418 e. The van der Waals surface area contributed by atoms with E-state index in [9.17, 15) is 18.0 Å². The molecule has 1 heterocycles. The van der Waals surface area contributed by atoms with Crippen molar-refractivity contribution in [3.8, 4) is 5.75 Å². The second-order valence-electron chi connectivity index (χ2n) is 5.51. The van der Waals surface area contributed by atoms with E-state index in [2.05, 4.69) is 20.0 Å². The highest BCUT2D eigenvalue weighted by Crippen LogP contribution is 2.34. The summed E-state index contributed by atoms with van der Waals surface area (Å²) in [4.78, 5) is 16.1. The Kier molecular flexibility index (Phi) is 6.94. The van der Waals surface area contributed by atoms with Crippen molar-refractivity contribution in [3.63, 3.8) is 0 Å². The number of aromatic nitrogens is 2. The number of alkyl halides is 3. The summed E-state index contributed by atoms with van der Waals surface area (Å²) >= 11 is 2.28. The first-order chi connectivity index (χ1) is 13.9. The van der Waals surface area contributed by atoms with Crippen molar-refractivity contribution in [1.82, 2.24) is 9.36 Å². The normalized spacial score (nSPS) is 11.1. The molecular formula is C18H15F3N4O2S2. The van der Waals surface area contributed by atoms with Gasteiger partial charge in [0.25, 0.3) is 0 Å². The van der Waals surface area contributed by atoms with Crippen molar-refractivity contribution in [1.29, 1.82) is 0 Å². The largest absolute Gasteiger partial charge is 0.493 e. The van der Waals surface area contributed by atoms with Crippen molar-refractivity contribution in [2.75, 3.05) is 23.0 Å². The van der Waals surface area contributed by atoms with Crippen LogP contribution < -0.4 is 15.4 Å². The zero-order valence-electron chi connectivity index (χ0n) is 14.8. The van der Waals surface area contributed by atoms with Gasteiger partial charge in [-0.2, -0.15) is 22.5 Å². The SMILES string of the molecule is O=C(Nc1nc(SCCOc2ccccc2)ns1)Nc1ccccc1C(F)(F)F. The fraction of sp³-hybridized carbons (Fsp3) is 0.167. The Morgan fingerprint density at radius 3 is 2.55 bits per heavy atom. The number of thioether (sulfide) groups is 1. The predicted octanol–water partition coefficient (Wildman–Crippen LogP) is 5.37. The van der Waals surface area contributed by atoms with Gasteiger partial charge in [0.1, 0.15) is 5.75 Å². The number of urea groups is 1. The van der Waals surface area contributed by atoms with Gasteiger partial charge in [0.15, 0.2) is 0 Å². The molecule has 11 heteroatoms. The highest BCUT2D eigenvalue weighted by Gasteiger charge is 2.33. The summed E-state index contributed by atoms with van der Waals surface area (Å²) in [6.07, 6.45) is -4.57. The van der Waals surface area contributed by atoms with Crippen molar-refractivity contribution in [3.05, 3.63) is 60.2 Å². The number of halogens is 3. The number of amides is 2. The number of ether oxygens (including phenoxy) is 1. The van der Waals surface area contributed by atoms with Gasteiger partial charge in [-0.05, 0) is 24.3 Å². The number of hydrogen-bond acceptors (Lipinski definition) is 6. The summed E-state index contributed by atoms with van der Waals surface area (Å²) in [6.45, 7) is 0.450. The summed E-state index contributed by atoms with van der Waals surface area (Å²) in [5.41, 5.74) is -1.27. The van der Waals surface area contributed by atoms with Crippen LogP contribution in [0.1, 0.15) is 5.56 Å². The van der Waals surface area contributed by atoms with Crippen LogP contribution in [0.2, 0.25) is 0 Å². The Hall–Kier alpha value is -2.79. The minimum absolute atomic E-state index is 0.179.